The Hall–Kier alpha value is -1.40. The fraction of sp³-hybridized carbons (Fsp3) is 0.704. The summed E-state index contributed by atoms with van der Waals surface area (Å²) in [6.07, 6.45) is 9.89. The number of hydrogen-bond donors (Lipinski definition) is 2. The van der Waals surface area contributed by atoms with Gasteiger partial charge in [-0.1, -0.05) is 51.3 Å². The van der Waals surface area contributed by atoms with Crippen LogP contribution in [0, 0.1) is 11.8 Å². The molecule has 1 aromatic rings. The van der Waals surface area contributed by atoms with Gasteiger partial charge < -0.3 is 24.6 Å². The molecule has 2 N–H and O–H groups in total. The summed E-state index contributed by atoms with van der Waals surface area (Å²) in [4.78, 5) is 1.95. The van der Waals surface area contributed by atoms with Crippen LogP contribution in [0.2, 0.25) is 0 Å². The second-order valence-corrected chi connectivity index (χ2v) is 9.65. The van der Waals surface area contributed by atoms with Gasteiger partial charge >= 0.3 is 0 Å². The summed E-state index contributed by atoms with van der Waals surface area (Å²) in [6, 6.07) is 7.94. The Morgan fingerprint density at radius 2 is 1.75 bits per heavy atom. The number of ether oxygens (including phenoxy) is 2. The molecule has 5 nitrogen and oxygen atoms in total. The van der Waals surface area contributed by atoms with Crippen molar-refractivity contribution in [2.24, 2.45) is 11.8 Å². The van der Waals surface area contributed by atoms with Gasteiger partial charge in [0.05, 0.1) is 6.61 Å². The number of likely N-dealkylation sites (N-methyl/N-ethyl adjacent to an activating group) is 1. The fourth-order valence-electron chi connectivity index (χ4n) is 4.49. The van der Waals surface area contributed by atoms with E-state index >= 15 is 0 Å². The monoisotopic (exact) mass is 447 g/mol. The minimum Gasteiger partial charge on any atom is -0.465 e. The zero-order valence-electron chi connectivity index (χ0n) is 20.5. The summed E-state index contributed by atoms with van der Waals surface area (Å²) in [6.45, 7) is 7.20. The highest BCUT2D eigenvalue weighted by molar-refractivity contribution is 5.27. The van der Waals surface area contributed by atoms with Crippen LogP contribution in [0.25, 0.3) is 0 Å². The predicted molar refractivity (Wildman–Crippen MR) is 131 cm³/mol. The zero-order valence-corrected chi connectivity index (χ0v) is 20.5. The van der Waals surface area contributed by atoms with Crippen LogP contribution in [0.1, 0.15) is 70.3 Å². The van der Waals surface area contributed by atoms with Crippen LogP contribution in [-0.2, 0) is 11.2 Å². The average Bonchev–Trinajstić information content (AvgIpc) is 2.77. The van der Waals surface area contributed by atoms with Crippen molar-refractivity contribution in [1.29, 1.82) is 0 Å². The van der Waals surface area contributed by atoms with Crippen molar-refractivity contribution in [2.45, 2.75) is 83.7 Å². The third-order valence-corrected chi connectivity index (χ3v) is 6.44. The molecule has 0 radical (unpaired) electrons. The first kappa shape index (κ1) is 26.8. The summed E-state index contributed by atoms with van der Waals surface area (Å²) in [5.74, 6) is 1.79. The van der Waals surface area contributed by atoms with Crippen molar-refractivity contribution in [2.75, 3.05) is 27.2 Å². The third kappa shape index (κ3) is 10.0. The van der Waals surface area contributed by atoms with Gasteiger partial charge in [-0.05, 0) is 81.8 Å². The van der Waals surface area contributed by atoms with Gasteiger partial charge in [-0.2, -0.15) is 0 Å². The first-order valence-electron chi connectivity index (χ1n) is 12.4. The molecule has 1 fully saturated rings. The van der Waals surface area contributed by atoms with Gasteiger partial charge in [-0.15, -0.1) is 0 Å². The molecule has 32 heavy (non-hydrogen) atoms. The number of aliphatic hydroxyl groups is 2. The van der Waals surface area contributed by atoms with Crippen molar-refractivity contribution >= 4 is 0 Å². The van der Waals surface area contributed by atoms with Crippen molar-refractivity contribution < 1.29 is 19.7 Å². The highest BCUT2D eigenvalue weighted by atomic mass is 16.6. The van der Waals surface area contributed by atoms with E-state index < -0.39 is 12.6 Å². The number of rotatable bonds is 15. The quantitative estimate of drug-likeness (QED) is 0.221. The Morgan fingerprint density at radius 3 is 2.38 bits per heavy atom. The topological polar surface area (TPSA) is 62.2 Å². The Kier molecular flexibility index (Phi) is 12.3. The first-order valence-corrected chi connectivity index (χ1v) is 12.4. The van der Waals surface area contributed by atoms with Gasteiger partial charge in [-0.3, -0.25) is 0 Å². The van der Waals surface area contributed by atoms with Gasteiger partial charge in [0.15, 0.2) is 12.6 Å². The smallest absolute Gasteiger partial charge is 0.200 e. The number of aryl methyl sites for hydroxylation is 1. The normalized spacial score (nSPS) is 20.8. The lowest BCUT2D eigenvalue weighted by Gasteiger charge is -2.31. The predicted octanol–water partition coefficient (Wildman–Crippen LogP) is 5.16. The van der Waals surface area contributed by atoms with Crippen LogP contribution in [-0.4, -0.2) is 54.9 Å². The summed E-state index contributed by atoms with van der Waals surface area (Å²) in [5.41, 5.74) is 1.85. The Bertz CT molecular complexity index is 638. The third-order valence-electron chi connectivity index (χ3n) is 6.44. The molecule has 2 atom stereocenters. The van der Waals surface area contributed by atoms with Crippen LogP contribution in [0.4, 0.5) is 0 Å². The lowest BCUT2D eigenvalue weighted by atomic mass is 9.79. The van der Waals surface area contributed by atoms with E-state index in [0.717, 1.165) is 37.4 Å². The van der Waals surface area contributed by atoms with Crippen LogP contribution >= 0.6 is 0 Å². The van der Waals surface area contributed by atoms with Crippen LogP contribution in [0.5, 0.6) is 5.75 Å². The molecule has 2 unspecified atom stereocenters. The minimum atomic E-state index is -0.916. The molecule has 1 aliphatic carbocycles. The summed E-state index contributed by atoms with van der Waals surface area (Å²) in [7, 11) is 3.87. The molecular weight excluding hydrogens is 402 g/mol. The summed E-state index contributed by atoms with van der Waals surface area (Å²) >= 11 is 0. The molecule has 1 aromatic carbocycles. The largest absolute Gasteiger partial charge is 0.465 e. The van der Waals surface area contributed by atoms with E-state index in [2.05, 4.69) is 13.5 Å². The lowest BCUT2D eigenvalue weighted by Crippen LogP contribution is -2.30. The van der Waals surface area contributed by atoms with Crippen LogP contribution in [0.3, 0.4) is 0 Å². The SMILES string of the molecule is C=C(CN(C)C)C(O)OCCCc1ccc(OC(O)C2CCC(CCCCC)CC2)cc1. The van der Waals surface area contributed by atoms with Gasteiger partial charge in [0.1, 0.15) is 5.75 Å². The minimum absolute atomic E-state index is 0.239. The van der Waals surface area contributed by atoms with E-state index in [1.165, 1.54) is 44.1 Å². The molecular formula is C27H45NO4. The first-order chi connectivity index (χ1) is 15.4. The van der Waals surface area contributed by atoms with E-state index in [1.807, 2.05) is 43.3 Å². The molecule has 0 spiro atoms. The summed E-state index contributed by atoms with van der Waals surface area (Å²) < 4.78 is 11.3. The number of aliphatic hydroxyl groups excluding tert-OH is 2. The Labute approximate surface area is 195 Å². The molecule has 0 saturated heterocycles. The van der Waals surface area contributed by atoms with Crippen molar-refractivity contribution in [1.82, 2.24) is 4.90 Å². The molecule has 5 heteroatoms. The van der Waals surface area contributed by atoms with E-state index in [9.17, 15) is 10.2 Å². The zero-order chi connectivity index (χ0) is 23.3. The van der Waals surface area contributed by atoms with Crippen molar-refractivity contribution in [3.8, 4) is 5.75 Å². The average molecular weight is 448 g/mol. The molecule has 0 bridgehead atoms. The molecule has 0 aromatic heterocycles. The van der Waals surface area contributed by atoms with Crippen molar-refractivity contribution in [3.63, 3.8) is 0 Å². The summed E-state index contributed by atoms with van der Waals surface area (Å²) in [5, 5.41) is 20.5. The number of unbranched alkanes of at least 4 members (excludes halogenated alkanes) is 2. The van der Waals surface area contributed by atoms with E-state index in [-0.39, 0.29) is 5.92 Å². The second kappa shape index (κ2) is 14.7. The number of benzene rings is 1. The molecule has 0 amide bonds. The molecule has 0 aliphatic heterocycles. The standard InChI is InChI=1S/C27H45NO4/c1-5-6-7-9-22-11-15-24(16-12-22)27(30)32-25-17-13-23(14-18-25)10-8-19-31-26(29)21(2)20-28(3)4/h13-14,17-18,22,24,26-27,29-30H,2,5-12,15-16,19-20H2,1,3-4H3. The van der Waals surface area contributed by atoms with Gasteiger partial charge in [0.2, 0.25) is 0 Å². The van der Waals surface area contributed by atoms with Crippen LogP contribution in [0.15, 0.2) is 36.4 Å². The molecule has 0 heterocycles. The van der Waals surface area contributed by atoms with E-state index in [0.29, 0.717) is 18.7 Å². The number of nitrogens with zero attached hydrogens (tertiary/aromatic N) is 1. The maximum atomic E-state index is 10.5. The maximum Gasteiger partial charge on any atom is 0.200 e. The van der Waals surface area contributed by atoms with Crippen LogP contribution < -0.4 is 4.74 Å². The molecule has 2 rings (SSSR count). The highest BCUT2D eigenvalue weighted by Crippen LogP contribution is 2.34. The Morgan fingerprint density at radius 1 is 1.06 bits per heavy atom. The van der Waals surface area contributed by atoms with E-state index in [4.69, 9.17) is 9.47 Å². The maximum absolute atomic E-state index is 10.5. The molecule has 182 valence electrons. The number of hydrogen-bond acceptors (Lipinski definition) is 5. The van der Waals surface area contributed by atoms with E-state index in [1.54, 1.807) is 0 Å². The molecule has 1 saturated carbocycles. The van der Waals surface area contributed by atoms with Crippen molar-refractivity contribution in [3.05, 3.63) is 42.0 Å². The van der Waals surface area contributed by atoms with Gasteiger partial charge in [0.25, 0.3) is 0 Å². The molecule has 1 aliphatic rings. The highest BCUT2D eigenvalue weighted by Gasteiger charge is 2.27. The van der Waals surface area contributed by atoms with Gasteiger partial charge in [0, 0.05) is 12.5 Å². The second-order valence-electron chi connectivity index (χ2n) is 9.65. The van der Waals surface area contributed by atoms with Gasteiger partial charge in [-0.25, -0.2) is 0 Å². The Balaban J connectivity index is 1.64. The fourth-order valence-corrected chi connectivity index (χ4v) is 4.49. The lowest BCUT2D eigenvalue weighted by molar-refractivity contribution is -0.0761.